The molecule has 0 bridgehead atoms. The van der Waals surface area contributed by atoms with Gasteiger partial charge >= 0.3 is 6.03 Å². The second-order valence-corrected chi connectivity index (χ2v) is 6.44. The molecule has 2 N–H and O–H groups in total. The van der Waals surface area contributed by atoms with Crippen LogP contribution in [-0.4, -0.2) is 55.9 Å². The Hall–Kier alpha value is -2.97. The third-order valence-corrected chi connectivity index (χ3v) is 4.45. The molecule has 1 fully saturated rings. The Morgan fingerprint density at radius 2 is 2.04 bits per heavy atom. The van der Waals surface area contributed by atoms with Gasteiger partial charge in [-0.25, -0.2) is 9.48 Å². The minimum Gasteiger partial charge on any atom is -0.347 e. The molecule has 1 aliphatic rings. The quantitative estimate of drug-likeness (QED) is 0.801. The van der Waals surface area contributed by atoms with Gasteiger partial charge < -0.3 is 15.5 Å². The highest BCUT2D eigenvalue weighted by atomic mass is 16.2. The monoisotopic (exact) mass is 357 g/mol. The number of carbonyl (C=O) groups is 2. The van der Waals surface area contributed by atoms with Crippen molar-refractivity contribution in [2.75, 3.05) is 13.1 Å². The van der Waals surface area contributed by atoms with Crippen LogP contribution in [0.4, 0.5) is 4.79 Å². The fourth-order valence-corrected chi connectivity index (χ4v) is 2.53. The Bertz CT molecular complexity index is 755. The Balaban J connectivity index is 1.48. The van der Waals surface area contributed by atoms with Crippen LogP contribution < -0.4 is 10.6 Å². The minimum absolute atomic E-state index is 0.0481. The molecule has 3 heterocycles. The van der Waals surface area contributed by atoms with Gasteiger partial charge in [-0.2, -0.15) is 0 Å². The molecule has 26 heavy (non-hydrogen) atoms. The van der Waals surface area contributed by atoms with E-state index in [0.29, 0.717) is 19.6 Å². The molecule has 3 amide bonds. The lowest BCUT2D eigenvalue weighted by Gasteiger charge is -2.39. The van der Waals surface area contributed by atoms with E-state index in [-0.39, 0.29) is 29.7 Å². The third kappa shape index (κ3) is 4.16. The van der Waals surface area contributed by atoms with Crippen molar-refractivity contribution in [1.29, 1.82) is 0 Å². The van der Waals surface area contributed by atoms with Crippen molar-refractivity contribution < 1.29 is 9.59 Å². The molecule has 9 nitrogen and oxygen atoms in total. The molecule has 0 spiro atoms. The van der Waals surface area contributed by atoms with E-state index in [1.165, 1.54) is 0 Å². The zero-order valence-electron chi connectivity index (χ0n) is 14.9. The first-order valence-corrected chi connectivity index (χ1v) is 8.71. The average molecular weight is 357 g/mol. The summed E-state index contributed by atoms with van der Waals surface area (Å²) in [4.78, 5) is 29.8. The first-order valence-electron chi connectivity index (χ1n) is 8.71. The Morgan fingerprint density at radius 1 is 1.31 bits per heavy atom. The number of urea groups is 1. The van der Waals surface area contributed by atoms with Gasteiger partial charge in [0.2, 0.25) is 0 Å². The molecule has 1 saturated heterocycles. The van der Waals surface area contributed by atoms with E-state index in [4.69, 9.17) is 0 Å². The fraction of sp³-hybridized carbons (Fsp3) is 0.471. The fourth-order valence-electron chi connectivity index (χ4n) is 2.53. The van der Waals surface area contributed by atoms with E-state index in [9.17, 15) is 9.59 Å². The lowest BCUT2D eigenvalue weighted by Crippen LogP contribution is -2.55. The van der Waals surface area contributed by atoms with Gasteiger partial charge in [0.1, 0.15) is 0 Å². The predicted octanol–water partition coefficient (Wildman–Crippen LogP) is 0.968. The summed E-state index contributed by atoms with van der Waals surface area (Å²) in [5.74, 6) is -0.279. The van der Waals surface area contributed by atoms with E-state index in [2.05, 4.69) is 25.9 Å². The van der Waals surface area contributed by atoms with E-state index < -0.39 is 0 Å². The average Bonchev–Trinajstić information content (AvgIpc) is 3.08. The van der Waals surface area contributed by atoms with Crippen LogP contribution in [-0.2, 0) is 6.54 Å². The molecule has 1 unspecified atom stereocenters. The summed E-state index contributed by atoms with van der Waals surface area (Å²) >= 11 is 0. The summed E-state index contributed by atoms with van der Waals surface area (Å²) in [6.45, 7) is 5.53. The molecule has 9 heteroatoms. The van der Waals surface area contributed by atoms with Gasteiger partial charge in [-0.3, -0.25) is 9.78 Å². The molecule has 0 saturated carbocycles. The number of carbonyl (C=O) groups excluding carboxylic acids is 2. The summed E-state index contributed by atoms with van der Waals surface area (Å²) in [7, 11) is 0. The second-order valence-electron chi connectivity index (χ2n) is 6.44. The third-order valence-electron chi connectivity index (χ3n) is 4.45. The highest BCUT2D eigenvalue weighted by molar-refractivity contribution is 5.91. The molecule has 0 aromatic carbocycles. The number of likely N-dealkylation sites (tertiary alicyclic amines) is 1. The summed E-state index contributed by atoms with van der Waals surface area (Å²) in [5, 5.41) is 13.7. The van der Waals surface area contributed by atoms with E-state index in [1.54, 1.807) is 28.2 Å². The summed E-state index contributed by atoms with van der Waals surface area (Å²) in [6.07, 6.45) is 5.87. The SMILES string of the molecule is CCC(C)NC(=O)N1CC(n2cc(C(=O)NCc3ccncc3)nn2)C1. The molecule has 0 aliphatic carbocycles. The largest absolute Gasteiger partial charge is 0.347 e. The summed E-state index contributed by atoms with van der Waals surface area (Å²) < 4.78 is 1.65. The van der Waals surface area contributed by atoms with Gasteiger partial charge in [0.15, 0.2) is 5.69 Å². The lowest BCUT2D eigenvalue weighted by atomic mass is 10.1. The van der Waals surface area contributed by atoms with Gasteiger partial charge in [0, 0.05) is 38.1 Å². The lowest BCUT2D eigenvalue weighted by molar-refractivity contribution is 0.0945. The summed E-state index contributed by atoms with van der Waals surface area (Å²) in [6, 6.07) is 3.82. The van der Waals surface area contributed by atoms with Crippen molar-refractivity contribution in [3.63, 3.8) is 0 Å². The number of nitrogens with zero attached hydrogens (tertiary/aromatic N) is 5. The van der Waals surface area contributed by atoms with Crippen LogP contribution in [0.15, 0.2) is 30.7 Å². The van der Waals surface area contributed by atoms with Crippen molar-refractivity contribution in [3.8, 4) is 0 Å². The second kappa shape index (κ2) is 7.94. The zero-order valence-corrected chi connectivity index (χ0v) is 14.9. The maximum absolute atomic E-state index is 12.2. The number of hydrogen-bond donors (Lipinski definition) is 2. The van der Waals surface area contributed by atoms with Gasteiger partial charge in [-0.05, 0) is 31.0 Å². The normalized spacial score (nSPS) is 15.2. The Labute approximate surface area is 151 Å². The van der Waals surface area contributed by atoms with E-state index >= 15 is 0 Å². The Morgan fingerprint density at radius 3 is 2.73 bits per heavy atom. The molecule has 1 atom stereocenters. The summed E-state index contributed by atoms with van der Waals surface area (Å²) in [5.41, 5.74) is 1.23. The van der Waals surface area contributed by atoms with Crippen molar-refractivity contribution in [2.45, 2.75) is 38.9 Å². The number of rotatable bonds is 6. The van der Waals surface area contributed by atoms with Gasteiger partial charge in [0.05, 0.1) is 12.2 Å². The number of aromatic nitrogens is 4. The zero-order chi connectivity index (χ0) is 18.5. The standard InChI is InChI=1S/C17H23N7O2/c1-3-12(2)20-17(26)23-9-14(10-23)24-11-15(21-22-24)16(25)19-8-13-4-6-18-7-5-13/h4-7,11-12,14H,3,8-10H2,1-2H3,(H,19,25)(H,20,26). The minimum atomic E-state index is -0.279. The van der Waals surface area contributed by atoms with Crippen LogP contribution in [0.2, 0.25) is 0 Å². The molecule has 0 radical (unpaired) electrons. The van der Waals surface area contributed by atoms with Gasteiger partial charge in [-0.15, -0.1) is 5.10 Å². The molecule has 2 aromatic rings. The van der Waals surface area contributed by atoms with Crippen molar-refractivity contribution >= 4 is 11.9 Å². The van der Waals surface area contributed by atoms with Crippen molar-refractivity contribution in [3.05, 3.63) is 42.0 Å². The molecular weight excluding hydrogens is 334 g/mol. The maximum Gasteiger partial charge on any atom is 0.317 e. The van der Waals surface area contributed by atoms with Crippen molar-refractivity contribution in [2.24, 2.45) is 0 Å². The first kappa shape index (κ1) is 17.8. The molecular formula is C17H23N7O2. The van der Waals surface area contributed by atoms with Crippen LogP contribution in [0.25, 0.3) is 0 Å². The van der Waals surface area contributed by atoms with Crippen LogP contribution in [0.1, 0.15) is 42.4 Å². The van der Waals surface area contributed by atoms with Crippen LogP contribution in [0.5, 0.6) is 0 Å². The molecule has 138 valence electrons. The molecule has 1 aliphatic heterocycles. The number of amides is 3. The topological polar surface area (TPSA) is 105 Å². The first-order chi connectivity index (χ1) is 12.6. The highest BCUT2D eigenvalue weighted by Gasteiger charge is 2.33. The van der Waals surface area contributed by atoms with Gasteiger partial charge in [0.25, 0.3) is 5.91 Å². The molecule has 2 aromatic heterocycles. The molecule has 3 rings (SSSR count). The van der Waals surface area contributed by atoms with E-state index in [0.717, 1.165) is 12.0 Å². The van der Waals surface area contributed by atoms with Crippen molar-refractivity contribution in [1.82, 2.24) is 35.5 Å². The maximum atomic E-state index is 12.2. The number of hydrogen-bond acceptors (Lipinski definition) is 5. The van der Waals surface area contributed by atoms with Crippen LogP contribution >= 0.6 is 0 Å². The predicted molar refractivity (Wildman–Crippen MR) is 94.3 cm³/mol. The van der Waals surface area contributed by atoms with Gasteiger partial charge in [-0.1, -0.05) is 12.1 Å². The Kier molecular flexibility index (Phi) is 5.45. The number of nitrogens with one attached hydrogen (secondary N) is 2. The highest BCUT2D eigenvalue weighted by Crippen LogP contribution is 2.20. The number of pyridine rings is 1. The van der Waals surface area contributed by atoms with Crippen LogP contribution in [0.3, 0.4) is 0 Å². The van der Waals surface area contributed by atoms with Crippen LogP contribution in [0, 0.1) is 0 Å². The smallest absolute Gasteiger partial charge is 0.317 e. The van der Waals surface area contributed by atoms with E-state index in [1.807, 2.05) is 26.0 Å².